The molecule has 20 heavy (non-hydrogen) atoms. The molecule has 1 atom stereocenters. The number of hydrogen-bond donors (Lipinski definition) is 0. The summed E-state index contributed by atoms with van der Waals surface area (Å²) in [5.41, 5.74) is 1.08. The highest BCUT2D eigenvalue weighted by Gasteiger charge is 2.21. The molecule has 0 bridgehead atoms. The number of ether oxygens (including phenoxy) is 1. The van der Waals surface area contributed by atoms with Crippen LogP contribution in [0.25, 0.3) is 21.0 Å². The monoisotopic (exact) mass is 418 g/mol. The first-order chi connectivity index (χ1) is 9.75. The van der Waals surface area contributed by atoms with Crippen molar-refractivity contribution in [1.29, 1.82) is 0 Å². The van der Waals surface area contributed by atoms with Gasteiger partial charge < -0.3 is 4.74 Å². The first kappa shape index (κ1) is 13.3. The Kier molecular flexibility index (Phi) is 3.41. The molecule has 1 aliphatic rings. The van der Waals surface area contributed by atoms with Crippen LogP contribution in [0.3, 0.4) is 0 Å². The standard InChI is InChI=1S/C14H12ClIN2OS/c15-14-8-6-17-18(12-3-1-2-4-19-12)10(8)5-11-13(14)9(16)7-20-11/h5-7,12H,1-4H2. The van der Waals surface area contributed by atoms with E-state index >= 15 is 0 Å². The second kappa shape index (κ2) is 5.12. The molecule has 0 saturated carbocycles. The summed E-state index contributed by atoms with van der Waals surface area (Å²) in [6.45, 7) is 0.818. The third-order valence-corrected chi connectivity index (χ3v) is 6.36. The summed E-state index contributed by atoms with van der Waals surface area (Å²) in [5, 5.41) is 9.64. The van der Waals surface area contributed by atoms with Crippen LogP contribution in [0.1, 0.15) is 25.5 Å². The maximum Gasteiger partial charge on any atom is 0.150 e. The van der Waals surface area contributed by atoms with E-state index in [9.17, 15) is 0 Å². The quantitative estimate of drug-likeness (QED) is 0.507. The minimum absolute atomic E-state index is 0.0498. The zero-order valence-corrected chi connectivity index (χ0v) is 14.3. The lowest BCUT2D eigenvalue weighted by molar-refractivity contribution is -0.0366. The normalized spacial score (nSPS) is 20.0. The Balaban J connectivity index is 1.95. The molecule has 3 aromatic rings. The number of benzene rings is 1. The molecule has 3 heterocycles. The Morgan fingerprint density at radius 2 is 2.35 bits per heavy atom. The van der Waals surface area contributed by atoms with Crippen LogP contribution < -0.4 is 0 Å². The summed E-state index contributed by atoms with van der Waals surface area (Å²) < 4.78 is 10.3. The Bertz CT molecular complexity index is 791. The lowest BCUT2D eigenvalue weighted by Gasteiger charge is -2.23. The Hall–Kier alpha value is -0.370. The summed E-state index contributed by atoms with van der Waals surface area (Å²) >= 11 is 10.6. The van der Waals surface area contributed by atoms with Gasteiger partial charge in [0.25, 0.3) is 0 Å². The van der Waals surface area contributed by atoms with Crippen molar-refractivity contribution >= 4 is 66.5 Å². The predicted octanol–water partition coefficient (Wildman–Crippen LogP) is 5.21. The molecule has 1 aliphatic heterocycles. The molecule has 0 aliphatic carbocycles. The van der Waals surface area contributed by atoms with Crippen LogP contribution in [0.5, 0.6) is 0 Å². The van der Waals surface area contributed by atoms with Crippen LogP contribution in [0.15, 0.2) is 17.6 Å². The van der Waals surface area contributed by atoms with Crippen molar-refractivity contribution in [2.24, 2.45) is 0 Å². The lowest BCUT2D eigenvalue weighted by atomic mass is 10.1. The van der Waals surface area contributed by atoms with Crippen LogP contribution >= 0.6 is 45.5 Å². The molecule has 104 valence electrons. The van der Waals surface area contributed by atoms with E-state index in [0.29, 0.717) is 0 Å². The summed E-state index contributed by atoms with van der Waals surface area (Å²) in [6, 6.07) is 2.19. The first-order valence-electron chi connectivity index (χ1n) is 6.60. The van der Waals surface area contributed by atoms with Crippen LogP contribution in [0.4, 0.5) is 0 Å². The van der Waals surface area contributed by atoms with Gasteiger partial charge in [-0.15, -0.1) is 11.3 Å². The fourth-order valence-electron chi connectivity index (χ4n) is 2.76. The van der Waals surface area contributed by atoms with Crippen molar-refractivity contribution < 1.29 is 4.74 Å². The molecule has 2 aromatic heterocycles. The largest absolute Gasteiger partial charge is 0.356 e. The van der Waals surface area contributed by atoms with E-state index in [4.69, 9.17) is 16.3 Å². The Labute approximate surface area is 139 Å². The van der Waals surface area contributed by atoms with Gasteiger partial charge >= 0.3 is 0 Å². The van der Waals surface area contributed by atoms with E-state index in [-0.39, 0.29) is 6.23 Å². The number of halogens is 2. The van der Waals surface area contributed by atoms with Gasteiger partial charge in [-0.1, -0.05) is 11.6 Å². The summed E-state index contributed by atoms with van der Waals surface area (Å²) in [7, 11) is 0. The number of fused-ring (bicyclic) bond motifs is 2. The second-order valence-corrected chi connectivity index (χ2v) is 7.44. The number of aromatic nitrogens is 2. The molecular weight excluding hydrogens is 407 g/mol. The van der Waals surface area contributed by atoms with Crippen LogP contribution in [0, 0.1) is 3.57 Å². The molecule has 1 fully saturated rings. The average molecular weight is 419 g/mol. The predicted molar refractivity (Wildman–Crippen MR) is 91.7 cm³/mol. The van der Waals surface area contributed by atoms with Crippen molar-refractivity contribution in [3.05, 3.63) is 26.2 Å². The topological polar surface area (TPSA) is 27.1 Å². The Morgan fingerprint density at radius 1 is 1.45 bits per heavy atom. The molecule has 0 spiro atoms. The molecule has 0 radical (unpaired) electrons. The van der Waals surface area contributed by atoms with Gasteiger partial charge in [0.15, 0.2) is 6.23 Å². The molecule has 6 heteroatoms. The SMILES string of the molecule is Clc1c2cnn(C3CCCCO3)c2cc2scc(I)c12. The van der Waals surface area contributed by atoms with Crippen molar-refractivity contribution in [3.8, 4) is 0 Å². The fraction of sp³-hybridized carbons (Fsp3) is 0.357. The van der Waals surface area contributed by atoms with E-state index < -0.39 is 0 Å². The van der Waals surface area contributed by atoms with Gasteiger partial charge in [0.2, 0.25) is 0 Å². The number of thiophene rings is 1. The van der Waals surface area contributed by atoms with Gasteiger partial charge in [0.1, 0.15) is 0 Å². The summed E-state index contributed by atoms with van der Waals surface area (Å²) in [6.07, 6.45) is 5.27. The van der Waals surface area contributed by atoms with E-state index in [2.05, 4.69) is 39.1 Å². The Morgan fingerprint density at radius 3 is 3.15 bits per heavy atom. The van der Waals surface area contributed by atoms with Gasteiger partial charge in [-0.2, -0.15) is 5.10 Å². The second-order valence-electron chi connectivity index (χ2n) is 4.99. The summed E-state index contributed by atoms with van der Waals surface area (Å²) in [4.78, 5) is 0. The fourth-order valence-corrected chi connectivity index (χ4v) is 5.31. The zero-order chi connectivity index (χ0) is 13.7. The van der Waals surface area contributed by atoms with Crippen molar-refractivity contribution in [2.75, 3.05) is 6.61 Å². The minimum atomic E-state index is 0.0498. The highest BCUT2D eigenvalue weighted by molar-refractivity contribution is 14.1. The molecule has 1 unspecified atom stereocenters. The summed E-state index contributed by atoms with van der Waals surface area (Å²) in [5.74, 6) is 0. The van der Waals surface area contributed by atoms with Crippen molar-refractivity contribution in [3.63, 3.8) is 0 Å². The van der Waals surface area contributed by atoms with Gasteiger partial charge in [-0.05, 0) is 47.9 Å². The van der Waals surface area contributed by atoms with Gasteiger partial charge in [0, 0.05) is 31.0 Å². The number of nitrogens with zero attached hydrogens (tertiary/aromatic N) is 2. The molecule has 3 nitrogen and oxygen atoms in total. The molecule has 4 rings (SSSR count). The zero-order valence-electron chi connectivity index (χ0n) is 10.6. The highest BCUT2D eigenvalue weighted by atomic mass is 127. The lowest BCUT2D eigenvalue weighted by Crippen LogP contribution is -2.18. The first-order valence-corrected chi connectivity index (χ1v) is 8.93. The van der Waals surface area contributed by atoms with Crippen molar-refractivity contribution in [2.45, 2.75) is 25.5 Å². The minimum Gasteiger partial charge on any atom is -0.356 e. The van der Waals surface area contributed by atoms with Gasteiger partial charge in [-0.3, -0.25) is 0 Å². The maximum atomic E-state index is 6.58. The third kappa shape index (κ3) is 1.98. The van der Waals surface area contributed by atoms with E-state index in [1.54, 1.807) is 11.3 Å². The maximum absolute atomic E-state index is 6.58. The molecule has 1 aromatic carbocycles. The van der Waals surface area contributed by atoms with Crippen LogP contribution in [0.2, 0.25) is 5.02 Å². The molecule has 1 saturated heterocycles. The molecular formula is C14H12ClIN2OS. The van der Waals surface area contributed by atoms with E-state index in [0.717, 1.165) is 40.8 Å². The van der Waals surface area contributed by atoms with Gasteiger partial charge in [-0.25, -0.2) is 4.68 Å². The molecule has 0 amide bonds. The highest BCUT2D eigenvalue weighted by Crippen LogP contribution is 2.39. The van der Waals surface area contributed by atoms with Gasteiger partial charge in [0.05, 0.1) is 16.7 Å². The number of hydrogen-bond acceptors (Lipinski definition) is 3. The van der Waals surface area contributed by atoms with Crippen LogP contribution in [-0.2, 0) is 4.74 Å². The van der Waals surface area contributed by atoms with E-state index in [1.165, 1.54) is 14.7 Å². The van der Waals surface area contributed by atoms with E-state index in [1.807, 2.05) is 10.9 Å². The number of rotatable bonds is 1. The smallest absolute Gasteiger partial charge is 0.150 e. The van der Waals surface area contributed by atoms with Crippen LogP contribution in [-0.4, -0.2) is 16.4 Å². The third-order valence-electron chi connectivity index (χ3n) is 3.76. The van der Waals surface area contributed by atoms with Crippen molar-refractivity contribution in [1.82, 2.24) is 9.78 Å². The average Bonchev–Trinajstić information content (AvgIpc) is 3.05. The molecule has 0 N–H and O–H groups in total.